The Kier molecular flexibility index (Phi) is 6.85. The third kappa shape index (κ3) is 6.16. The minimum Gasteiger partial charge on any atom is -0.357 e. The molecule has 0 radical (unpaired) electrons. The van der Waals surface area contributed by atoms with E-state index in [2.05, 4.69) is 49.6 Å². The first-order chi connectivity index (χ1) is 10.8. The van der Waals surface area contributed by atoms with E-state index in [0.717, 1.165) is 0 Å². The van der Waals surface area contributed by atoms with Gasteiger partial charge in [0.2, 0.25) is 0 Å². The molecule has 0 aliphatic rings. The summed E-state index contributed by atoms with van der Waals surface area (Å²) in [4.78, 5) is 16.2. The molecule has 0 aliphatic heterocycles. The van der Waals surface area contributed by atoms with Crippen LogP contribution in [-0.2, 0) is 5.41 Å². The van der Waals surface area contributed by atoms with E-state index >= 15 is 0 Å². The van der Waals surface area contributed by atoms with E-state index in [-0.39, 0.29) is 16.4 Å². The highest BCUT2D eigenvalue weighted by Crippen LogP contribution is 2.22. The highest BCUT2D eigenvalue weighted by atomic mass is 32.1. The zero-order valence-electron chi connectivity index (χ0n) is 13.8. The summed E-state index contributed by atoms with van der Waals surface area (Å²) < 4.78 is 0. The summed E-state index contributed by atoms with van der Waals surface area (Å²) in [6, 6.07) is 7.51. The summed E-state index contributed by atoms with van der Waals surface area (Å²) in [7, 11) is 0. The average Bonchev–Trinajstić information content (AvgIpc) is 2.50. The van der Waals surface area contributed by atoms with Crippen LogP contribution in [0.3, 0.4) is 0 Å². The first-order valence-electron chi connectivity index (χ1n) is 7.27. The zero-order valence-corrected chi connectivity index (χ0v) is 14.7. The highest BCUT2D eigenvalue weighted by molar-refractivity contribution is 7.80. The van der Waals surface area contributed by atoms with Crippen LogP contribution in [0.25, 0.3) is 0 Å². The molecule has 1 aromatic rings. The number of carbonyl (C=O) groups excluding carboxylic acids is 1. The third-order valence-electron chi connectivity index (χ3n) is 3.16. The summed E-state index contributed by atoms with van der Waals surface area (Å²) >= 11 is 5.11. The normalized spacial score (nSPS) is 11.5. The van der Waals surface area contributed by atoms with Gasteiger partial charge in [0.25, 0.3) is 5.91 Å². The molecule has 0 aliphatic carbocycles. The molecule has 5 heteroatoms. The zero-order chi connectivity index (χ0) is 17.5. The first-order valence-corrected chi connectivity index (χ1v) is 7.68. The molecular formula is C18H23N3OS. The van der Waals surface area contributed by atoms with Crippen LogP contribution in [0.4, 0.5) is 0 Å². The lowest BCUT2D eigenvalue weighted by Crippen LogP contribution is -2.41. The van der Waals surface area contributed by atoms with Gasteiger partial charge < -0.3 is 5.32 Å². The molecule has 1 aromatic carbocycles. The molecule has 0 atom stereocenters. The molecule has 122 valence electrons. The predicted octanol–water partition coefficient (Wildman–Crippen LogP) is 3.36. The number of rotatable bonds is 5. The number of benzene rings is 1. The summed E-state index contributed by atoms with van der Waals surface area (Å²) in [6.07, 6.45) is 3.03. The van der Waals surface area contributed by atoms with Gasteiger partial charge in [-0.15, -0.1) is 0 Å². The number of aliphatic imine (C=N–C) groups is 1. The Bertz CT molecular complexity index is 625. The van der Waals surface area contributed by atoms with Crippen molar-refractivity contribution in [2.75, 3.05) is 6.54 Å². The summed E-state index contributed by atoms with van der Waals surface area (Å²) in [5, 5.41) is 5.79. The van der Waals surface area contributed by atoms with Crippen LogP contribution in [0.1, 0.15) is 36.7 Å². The van der Waals surface area contributed by atoms with Crippen molar-refractivity contribution in [3.63, 3.8) is 0 Å². The number of hydrogen-bond acceptors (Lipinski definition) is 3. The van der Waals surface area contributed by atoms with Crippen molar-refractivity contribution in [3.05, 3.63) is 60.8 Å². The Hall–Kier alpha value is -2.27. The van der Waals surface area contributed by atoms with Crippen LogP contribution in [0, 0.1) is 0 Å². The van der Waals surface area contributed by atoms with Crippen molar-refractivity contribution in [3.8, 4) is 0 Å². The second-order valence-corrected chi connectivity index (χ2v) is 6.38. The van der Waals surface area contributed by atoms with Gasteiger partial charge in [-0.05, 0) is 41.4 Å². The fraction of sp³-hybridized carbons (Fsp3) is 0.278. The topological polar surface area (TPSA) is 53.5 Å². The van der Waals surface area contributed by atoms with E-state index in [1.807, 2.05) is 12.1 Å². The van der Waals surface area contributed by atoms with Crippen molar-refractivity contribution in [2.24, 2.45) is 4.99 Å². The summed E-state index contributed by atoms with van der Waals surface area (Å²) in [5.74, 6) is -0.247. The lowest BCUT2D eigenvalue weighted by atomic mass is 9.87. The van der Waals surface area contributed by atoms with Gasteiger partial charge in [0.15, 0.2) is 5.11 Å². The molecule has 23 heavy (non-hydrogen) atoms. The quantitative estimate of drug-likeness (QED) is 0.643. The highest BCUT2D eigenvalue weighted by Gasteiger charge is 2.14. The number of nitrogens with zero attached hydrogens (tertiary/aromatic N) is 1. The maximum atomic E-state index is 12.2. The van der Waals surface area contributed by atoms with Gasteiger partial charge in [0, 0.05) is 11.8 Å². The molecule has 0 bridgehead atoms. The monoisotopic (exact) mass is 329 g/mol. The minimum atomic E-state index is -0.247. The van der Waals surface area contributed by atoms with E-state index in [0.29, 0.717) is 17.8 Å². The Morgan fingerprint density at radius 2 is 1.87 bits per heavy atom. The minimum absolute atomic E-state index is 0.0530. The molecule has 0 spiro atoms. The van der Waals surface area contributed by atoms with Gasteiger partial charge in [0.1, 0.15) is 0 Å². The van der Waals surface area contributed by atoms with Gasteiger partial charge in [-0.3, -0.25) is 15.1 Å². The van der Waals surface area contributed by atoms with E-state index in [1.54, 1.807) is 18.2 Å². The number of thiocarbonyl (C=S) groups is 1. The average molecular weight is 329 g/mol. The van der Waals surface area contributed by atoms with Gasteiger partial charge in [0.05, 0.1) is 12.3 Å². The Balaban J connectivity index is 2.62. The molecule has 1 amide bonds. The van der Waals surface area contributed by atoms with E-state index < -0.39 is 0 Å². The number of amides is 1. The van der Waals surface area contributed by atoms with Crippen LogP contribution in [0.15, 0.2) is 54.7 Å². The van der Waals surface area contributed by atoms with E-state index in [9.17, 15) is 4.79 Å². The van der Waals surface area contributed by atoms with Crippen molar-refractivity contribution < 1.29 is 4.79 Å². The summed E-state index contributed by atoms with van der Waals surface area (Å²) in [5.41, 5.74) is 2.47. The van der Waals surface area contributed by atoms with Gasteiger partial charge in [-0.2, -0.15) is 0 Å². The predicted molar refractivity (Wildman–Crippen MR) is 101 cm³/mol. The number of hydrogen-bond donors (Lipinski definition) is 2. The van der Waals surface area contributed by atoms with Gasteiger partial charge in [-0.1, -0.05) is 46.1 Å². The molecule has 1 rings (SSSR count). The second-order valence-electron chi connectivity index (χ2n) is 5.97. The van der Waals surface area contributed by atoms with Crippen LogP contribution in [0.5, 0.6) is 0 Å². The molecule has 4 nitrogen and oxygen atoms in total. The fourth-order valence-electron chi connectivity index (χ4n) is 1.80. The van der Waals surface area contributed by atoms with Gasteiger partial charge in [-0.25, -0.2) is 0 Å². The maximum Gasteiger partial charge on any atom is 0.257 e. The SMILES string of the molecule is C=CN=C(C=C)CNC(=S)NC(=O)c1ccc(C(C)(C)C)cc1. The number of nitrogens with one attached hydrogen (secondary N) is 2. The van der Waals surface area contributed by atoms with Gasteiger partial charge >= 0.3 is 0 Å². The lowest BCUT2D eigenvalue weighted by Gasteiger charge is -2.19. The molecule has 0 heterocycles. The molecule has 2 N–H and O–H groups in total. The molecule has 0 saturated heterocycles. The van der Waals surface area contributed by atoms with Crippen LogP contribution in [0.2, 0.25) is 0 Å². The van der Waals surface area contributed by atoms with Crippen LogP contribution in [-0.4, -0.2) is 23.3 Å². The molecule has 0 fully saturated rings. The molecular weight excluding hydrogens is 306 g/mol. The van der Waals surface area contributed by atoms with Crippen molar-refractivity contribution in [2.45, 2.75) is 26.2 Å². The molecule has 0 saturated carbocycles. The fourth-order valence-corrected chi connectivity index (χ4v) is 1.96. The van der Waals surface area contributed by atoms with Crippen LogP contribution >= 0.6 is 12.2 Å². The van der Waals surface area contributed by atoms with E-state index in [1.165, 1.54) is 11.8 Å². The molecule has 0 aromatic heterocycles. The van der Waals surface area contributed by atoms with Crippen molar-refractivity contribution >= 4 is 28.9 Å². The van der Waals surface area contributed by atoms with Crippen molar-refractivity contribution in [1.29, 1.82) is 0 Å². The third-order valence-corrected chi connectivity index (χ3v) is 3.41. The van der Waals surface area contributed by atoms with Crippen molar-refractivity contribution in [1.82, 2.24) is 10.6 Å². The standard InChI is InChI=1S/C18H23N3OS/c1-6-15(19-7-2)12-20-17(23)21-16(22)13-8-10-14(11-9-13)18(3,4)5/h6-11H,1-2,12H2,3-5H3,(H2,20,21,22,23). The number of carbonyl (C=O) groups is 1. The Morgan fingerprint density at radius 1 is 1.26 bits per heavy atom. The lowest BCUT2D eigenvalue weighted by molar-refractivity contribution is 0.0976. The Labute approximate surface area is 143 Å². The van der Waals surface area contributed by atoms with Crippen LogP contribution < -0.4 is 10.6 Å². The maximum absolute atomic E-state index is 12.2. The largest absolute Gasteiger partial charge is 0.357 e. The first kappa shape index (κ1) is 18.8. The van der Waals surface area contributed by atoms with E-state index in [4.69, 9.17) is 12.2 Å². The smallest absolute Gasteiger partial charge is 0.257 e. The summed E-state index contributed by atoms with van der Waals surface area (Å²) in [6.45, 7) is 13.9. The Morgan fingerprint density at radius 3 is 2.35 bits per heavy atom. The molecule has 0 unspecified atom stereocenters. The second kappa shape index (κ2) is 8.39.